The van der Waals surface area contributed by atoms with Crippen molar-refractivity contribution in [3.8, 4) is 0 Å². The topological polar surface area (TPSA) is 47.6 Å². The predicted molar refractivity (Wildman–Crippen MR) is 60.8 cm³/mol. The molecule has 1 aliphatic rings. The van der Waals surface area contributed by atoms with Gasteiger partial charge in [0, 0.05) is 0 Å². The maximum atomic E-state index is 13.5. The first-order valence-corrected chi connectivity index (χ1v) is 5.37. The van der Waals surface area contributed by atoms with E-state index in [4.69, 9.17) is 10.5 Å². The van der Waals surface area contributed by atoms with Gasteiger partial charge in [0.2, 0.25) is 0 Å². The molecule has 1 aromatic carbocycles. The van der Waals surface area contributed by atoms with Crippen molar-refractivity contribution < 1.29 is 9.13 Å². The Morgan fingerprint density at radius 1 is 1.56 bits per heavy atom. The van der Waals surface area contributed by atoms with Crippen LogP contribution in [-0.2, 0) is 4.74 Å². The lowest BCUT2D eigenvalue weighted by molar-refractivity contribution is 0.302. The molecule has 3 nitrogen and oxygen atoms in total. The van der Waals surface area contributed by atoms with E-state index in [2.05, 4.69) is 4.99 Å². The summed E-state index contributed by atoms with van der Waals surface area (Å²) in [5.74, 6) is -0.0460. The van der Waals surface area contributed by atoms with Crippen LogP contribution in [0.1, 0.15) is 24.8 Å². The highest BCUT2D eigenvalue weighted by atomic mass is 19.1. The summed E-state index contributed by atoms with van der Waals surface area (Å²) in [6.45, 7) is 2.49. The number of hydrogen-bond donors (Lipinski definition) is 1. The molecule has 4 heteroatoms. The monoisotopic (exact) mass is 222 g/mol. The first kappa shape index (κ1) is 10.9. The van der Waals surface area contributed by atoms with Gasteiger partial charge in [0.05, 0.1) is 6.04 Å². The minimum absolute atomic E-state index is 0.0506. The Bertz CT molecular complexity index is 406. The maximum absolute atomic E-state index is 13.5. The summed E-state index contributed by atoms with van der Waals surface area (Å²) in [7, 11) is 0. The summed E-state index contributed by atoms with van der Waals surface area (Å²) in [6.07, 6.45) is 0.752. The van der Waals surface area contributed by atoms with Crippen LogP contribution in [0.3, 0.4) is 0 Å². The van der Waals surface area contributed by atoms with Crippen LogP contribution in [0.4, 0.5) is 4.39 Å². The van der Waals surface area contributed by atoms with Crippen LogP contribution >= 0.6 is 0 Å². The van der Waals surface area contributed by atoms with E-state index in [1.54, 1.807) is 6.07 Å². The van der Waals surface area contributed by atoms with Gasteiger partial charge >= 0.3 is 0 Å². The van der Waals surface area contributed by atoms with Gasteiger partial charge in [-0.05, 0) is 24.0 Å². The lowest BCUT2D eigenvalue weighted by Gasteiger charge is -2.14. The Labute approximate surface area is 94.1 Å². The molecule has 0 amide bonds. The van der Waals surface area contributed by atoms with Gasteiger partial charge in [-0.1, -0.05) is 25.1 Å². The Balaban J connectivity index is 2.03. The standard InChI is InChI=1S/C12H15FN2O/c1-8(6-9-7-16-12(14)15-9)10-4-2-3-5-11(10)13/h2-5,8-9H,6-7H2,1H3,(H2,14,15)/t8?,9-/m0/s1. The van der Waals surface area contributed by atoms with Crippen molar-refractivity contribution in [3.05, 3.63) is 35.6 Å². The first-order valence-electron chi connectivity index (χ1n) is 5.37. The van der Waals surface area contributed by atoms with Gasteiger partial charge in [-0.2, -0.15) is 0 Å². The Morgan fingerprint density at radius 3 is 2.94 bits per heavy atom. The molecular formula is C12H15FN2O. The summed E-state index contributed by atoms with van der Waals surface area (Å²) in [5, 5.41) is 0. The molecular weight excluding hydrogens is 207 g/mol. The highest BCUT2D eigenvalue weighted by Crippen LogP contribution is 2.25. The fourth-order valence-corrected chi connectivity index (χ4v) is 1.97. The lowest BCUT2D eigenvalue weighted by atomic mass is 9.94. The van der Waals surface area contributed by atoms with Crippen molar-refractivity contribution in [3.63, 3.8) is 0 Å². The van der Waals surface area contributed by atoms with Crippen LogP contribution in [0.15, 0.2) is 29.3 Å². The molecule has 2 atom stereocenters. The van der Waals surface area contributed by atoms with Crippen molar-refractivity contribution >= 4 is 6.02 Å². The molecule has 1 aliphatic heterocycles. The van der Waals surface area contributed by atoms with Gasteiger partial charge in [-0.15, -0.1) is 0 Å². The van der Waals surface area contributed by atoms with Crippen LogP contribution in [0.2, 0.25) is 0 Å². The fourth-order valence-electron chi connectivity index (χ4n) is 1.97. The minimum atomic E-state index is -0.161. The third kappa shape index (κ3) is 2.32. The molecule has 1 aromatic rings. The average Bonchev–Trinajstić information content (AvgIpc) is 2.64. The lowest BCUT2D eigenvalue weighted by Crippen LogP contribution is -2.12. The molecule has 2 N–H and O–H groups in total. The Hall–Kier alpha value is -1.58. The average molecular weight is 222 g/mol. The van der Waals surface area contributed by atoms with E-state index >= 15 is 0 Å². The van der Waals surface area contributed by atoms with Gasteiger partial charge in [0.15, 0.2) is 0 Å². The summed E-state index contributed by atoms with van der Waals surface area (Å²) < 4.78 is 18.6. The number of hydrogen-bond acceptors (Lipinski definition) is 3. The second-order valence-corrected chi connectivity index (χ2v) is 4.09. The van der Waals surface area contributed by atoms with Crippen LogP contribution in [0, 0.1) is 5.82 Å². The molecule has 2 rings (SSSR count). The molecule has 0 bridgehead atoms. The smallest absolute Gasteiger partial charge is 0.282 e. The van der Waals surface area contributed by atoms with Gasteiger partial charge in [0.25, 0.3) is 6.02 Å². The van der Waals surface area contributed by atoms with E-state index < -0.39 is 0 Å². The summed E-state index contributed by atoms with van der Waals surface area (Å²) >= 11 is 0. The van der Waals surface area contributed by atoms with Crippen molar-refractivity contribution in [2.75, 3.05) is 6.61 Å². The third-order valence-corrected chi connectivity index (χ3v) is 2.80. The summed E-state index contributed by atoms with van der Waals surface area (Å²) in [4.78, 5) is 4.13. The molecule has 0 aliphatic carbocycles. The van der Waals surface area contributed by atoms with E-state index in [0.717, 1.165) is 12.0 Å². The number of aliphatic imine (C=N–C) groups is 1. The summed E-state index contributed by atoms with van der Waals surface area (Å²) in [5.41, 5.74) is 6.15. The molecule has 86 valence electrons. The zero-order chi connectivity index (χ0) is 11.5. The van der Waals surface area contributed by atoms with Crippen LogP contribution in [0.5, 0.6) is 0 Å². The quantitative estimate of drug-likeness (QED) is 0.850. The SMILES string of the molecule is CC(C[C@H]1COC(N)=N1)c1ccccc1F. The van der Waals surface area contributed by atoms with Crippen LogP contribution in [0.25, 0.3) is 0 Å². The molecule has 0 spiro atoms. The largest absolute Gasteiger partial charge is 0.463 e. The number of nitrogens with zero attached hydrogens (tertiary/aromatic N) is 1. The van der Waals surface area contributed by atoms with Crippen molar-refractivity contribution in [2.45, 2.75) is 25.3 Å². The van der Waals surface area contributed by atoms with Gasteiger partial charge in [-0.25, -0.2) is 9.38 Å². The van der Waals surface area contributed by atoms with Gasteiger partial charge < -0.3 is 10.5 Å². The predicted octanol–water partition coefficient (Wildman–Crippen LogP) is 2.03. The molecule has 1 heterocycles. The van der Waals surface area contributed by atoms with Crippen molar-refractivity contribution in [1.29, 1.82) is 0 Å². The van der Waals surface area contributed by atoms with Crippen LogP contribution < -0.4 is 5.73 Å². The Morgan fingerprint density at radius 2 is 2.31 bits per heavy atom. The van der Waals surface area contributed by atoms with E-state index in [1.165, 1.54) is 6.07 Å². The molecule has 0 fully saturated rings. The molecule has 1 unspecified atom stereocenters. The van der Waals surface area contributed by atoms with Crippen molar-refractivity contribution in [1.82, 2.24) is 0 Å². The van der Waals surface area contributed by atoms with E-state index in [9.17, 15) is 4.39 Å². The number of rotatable bonds is 3. The van der Waals surface area contributed by atoms with Gasteiger partial charge in [0.1, 0.15) is 12.4 Å². The van der Waals surface area contributed by atoms with E-state index in [1.807, 2.05) is 19.1 Å². The van der Waals surface area contributed by atoms with Crippen LogP contribution in [-0.4, -0.2) is 18.7 Å². The molecule has 0 radical (unpaired) electrons. The van der Waals surface area contributed by atoms with Crippen molar-refractivity contribution in [2.24, 2.45) is 10.7 Å². The highest BCUT2D eigenvalue weighted by molar-refractivity contribution is 5.73. The zero-order valence-corrected chi connectivity index (χ0v) is 9.19. The number of nitrogens with two attached hydrogens (primary N) is 1. The van der Waals surface area contributed by atoms with E-state index in [-0.39, 0.29) is 23.8 Å². The first-order chi connectivity index (χ1) is 7.66. The summed E-state index contributed by atoms with van der Waals surface area (Å²) in [6, 6.07) is 7.12. The number of ether oxygens (including phenoxy) is 1. The van der Waals surface area contributed by atoms with Gasteiger partial charge in [-0.3, -0.25) is 0 Å². The molecule has 16 heavy (non-hydrogen) atoms. The minimum Gasteiger partial charge on any atom is -0.463 e. The molecule has 0 saturated carbocycles. The second-order valence-electron chi connectivity index (χ2n) is 4.09. The third-order valence-electron chi connectivity index (χ3n) is 2.80. The Kier molecular flexibility index (Phi) is 3.08. The molecule has 0 saturated heterocycles. The number of halogens is 1. The highest BCUT2D eigenvalue weighted by Gasteiger charge is 2.21. The second kappa shape index (κ2) is 4.51. The number of benzene rings is 1. The normalized spacial score (nSPS) is 21.4. The van der Waals surface area contributed by atoms with E-state index in [0.29, 0.717) is 6.61 Å². The number of amidine groups is 1. The maximum Gasteiger partial charge on any atom is 0.282 e. The zero-order valence-electron chi connectivity index (χ0n) is 9.19. The molecule has 0 aromatic heterocycles. The fraction of sp³-hybridized carbons (Fsp3) is 0.417.